The molecule has 4 aromatic carbocycles. The molecule has 0 radical (unpaired) electrons. The highest BCUT2D eigenvalue weighted by Gasteiger charge is 2.22. The van der Waals surface area contributed by atoms with Crippen LogP contribution in [0, 0.1) is 0 Å². The third kappa shape index (κ3) is 6.32. The number of amides is 1. The molecule has 0 unspecified atom stereocenters. The van der Waals surface area contributed by atoms with Crippen molar-refractivity contribution in [2.75, 3.05) is 24.0 Å². The van der Waals surface area contributed by atoms with Crippen LogP contribution in [0.15, 0.2) is 82.2 Å². The summed E-state index contributed by atoms with van der Waals surface area (Å²) < 4.78 is 30.9. The second-order valence-electron chi connectivity index (χ2n) is 10.2. The summed E-state index contributed by atoms with van der Waals surface area (Å²) in [6.45, 7) is 6.03. The third-order valence-electron chi connectivity index (χ3n) is 6.26. The lowest BCUT2D eigenvalue weighted by Crippen LogP contribution is -2.23. The number of rotatable bonds is 7. The molecular weight excluding hydrogens is 580 g/mol. The minimum atomic E-state index is -3.43. The maximum absolute atomic E-state index is 13.1. The number of ether oxygens (including phenoxy) is 1. The predicted molar refractivity (Wildman–Crippen MR) is 159 cm³/mol. The van der Waals surface area contributed by atoms with Crippen LogP contribution in [0.5, 0.6) is 5.75 Å². The molecule has 0 spiro atoms. The van der Waals surface area contributed by atoms with Gasteiger partial charge in [-0.1, -0.05) is 61.0 Å². The number of ketones is 1. The van der Waals surface area contributed by atoms with E-state index in [1.165, 1.54) is 13.4 Å². The number of fused-ring (bicyclic) bond motifs is 1. The Balaban J connectivity index is 1.61. The Labute approximate surface area is 236 Å². The monoisotopic (exact) mass is 608 g/mol. The Morgan fingerprint density at radius 2 is 1.56 bits per heavy atom. The van der Waals surface area contributed by atoms with Gasteiger partial charge in [0.25, 0.3) is 11.7 Å². The first-order chi connectivity index (χ1) is 18.3. The fraction of sp³-hybridized carbons (Fsp3) is 0.200. The second kappa shape index (κ2) is 10.8. The van der Waals surface area contributed by atoms with E-state index in [1.807, 2.05) is 45.0 Å². The highest BCUT2D eigenvalue weighted by Crippen LogP contribution is 2.33. The van der Waals surface area contributed by atoms with Gasteiger partial charge in [0, 0.05) is 33.7 Å². The molecule has 0 aliphatic heterocycles. The summed E-state index contributed by atoms with van der Waals surface area (Å²) in [5, 5.41) is 7.39. The van der Waals surface area contributed by atoms with Crippen molar-refractivity contribution in [1.29, 1.82) is 0 Å². The van der Waals surface area contributed by atoms with Gasteiger partial charge in [-0.05, 0) is 64.2 Å². The molecule has 202 valence electrons. The summed E-state index contributed by atoms with van der Waals surface area (Å²) in [7, 11) is -1.97. The summed E-state index contributed by atoms with van der Waals surface area (Å²) in [4.78, 5) is 26.2. The Bertz CT molecular complexity index is 1710. The van der Waals surface area contributed by atoms with Crippen LogP contribution in [-0.2, 0) is 20.0 Å². The molecule has 4 rings (SSSR count). The molecule has 0 aliphatic rings. The van der Waals surface area contributed by atoms with Crippen LogP contribution in [0.3, 0.4) is 0 Å². The second-order valence-corrected chi connectivity index (χ2v) is 13.1. The number of carbonyl (C=O) groups excluding carboxylic acids is 2. The minimum Gasteiger partial charge on any atom is -0.494 e. The Morgan fingerprint density at radius 3 is 2.21 bits per heavy atom. The Kier molecular flexibility index (Phi) is 7.86. The van der Waals surface area contributed by atoms with Crippen molar-refractivity contribution < 1.29 is 22.7 Å². The molecule has 1 amide bonds. The molecule has 2 N–H and O–H groups in total. The number of nitrogens with one attached hydrogen (secondary N) is 2. The van der Waals surface area contributed by atoms with E-state index in [0.29, 0.717) is 33.8 Å². The molecule has 4 aromatic rings. The third-order valence-corrected chi connectivity index (χ3v) is 8.04. The van der Waals surface area contributed by atoms with E-state index in [-0.39, 0.29) is 10.3 Å². The Hall–Kier alpha value is -3.69. The van der Waals surface area contributed by atoms with Gasteiger partial charge < -0.3 is 15.4 Å². The van der Waals surface area contributed by atoms with E-state index in [4.69, 9.17) is 4.74 Å². The van der Waals surface area contributed by atoms with E-state index < -0.39 is 21.5 Å². The van der Waals surface area contributed by atoms with Crippen LogP contribution >= 0.6 is 15.9 Å². The molecule has 0 saturated heterocycles. The standard InChI is InChI=1S/C30H29BrN2O5S/c1-30(2,3)18-14-20(16-21(15-18)39(5,36)37)32-19-10-13-26(27(17-19)38-4)33-29(35)28(34)24-11-12-25(31)23-9-7-6-8-22(23)24/h6-17,32H,1-5H3,(H,33,35). The van der Waals surface area contributed by atoms with Crippen molar-refractivity contribution >= 4 is 65.3 Å². The molecule has 0 fully saturated rings. The first-order valence-electron chi connectivity index (χ1n) is 12.1. The number of carbonyl (C=O) groups is 2. The van der Waals surface area contributed by atoms with E-state index in [9.17, 15) is 18.0 Å². The van der Waals surface area contributed by atoms with Gasteiger partial charge in [0.15, 0.2) is 9.84 Å². The van der Waals surface area contributed by atoms with E-state index in [2.05, 4.69) is 26.6 Å². The maximum Gasteiger partial charge on any atom is 0.296 e. The van der Waals surface area contributed by atoms with Gasteiger partial charge in [-0.25, -0.2) is 8.42 Å². The molecule has 9 heteroatoms. The van der Waals surface area contributed by atoms with Crippen molar-refractivity contribution in [3.05, 3.63) is 88.4 Å². The fourth-order valence-electron chi connectivity index (χ4n) is 4.12. The number of benzene rings is 4. The van der Waals surface area contributed by atoms with Crippen LogP contribution in [0.2, 0.25) is 0 Å². The molecule has 0 aliphatic carbocycles. The zero-order chi connectivity index (χ0) is 28.5. The van der Waals surface area contributed by atoms with Crippen molar-refractivity contribution in [3.63, 3.8) is 0 Å². The van der Waals surface area contributed by atoms with E-state index >= 15 is 0 Å². The van der Waals surface area contributed by atoms with Crippen LogP contribution in [-0.4, -0.2) is 33.5 Å². The largest absolute Gasteiger partial charge is 0.494 e. The maximum atomic E-state index is 13.1. The molecule has 0 saturated carbocycles. The molecule has 0 aromatic heterocycles. The quantitative estimate of drug-likeness (QED) is 0.175. The summed E-state index contributed by atoms with van der Waals surface area (Å²) in [6, 6.07) is 20.9. The summed E-state index contributed by atoms with van der Waals surface area (Å²) in [5.41, 5.74) is 2.42. The zero-order valence-electron chi connectivity index (χ0n) is 22.3. The average molecular weight is 610 g/mol. The van der Waals surface area contributed by atoms with Gasteiger partial charge in [0.1, 0.15) is 5.75 Å². The SMILES string of the molecule is COc1cc(Nc2cc(C(C)(C)C)cc(S(C)(=O)=O)c2)ccc1NC(=O)C(=O)c1ccc(Br)c2ccccc12. The predicted octanol–water partition coefficient (Wildman–Crippen LogP) is 6.88. The first kappa shape index (κ1) is 28.3. The summed E-state index contributed by atoms with van der Waals surface area (Å²) in [5.74, 6) is -1.13. The average Bonchev–Trinajstić information content (AvgIpc) is 2.88. The number of Topliss-reactive ketones (excluding diaryl/α,β-unsaturated/α-hetero) is 1. The van der Waals surface area contributed by atoms with Gasteiger partial charge in [-0.15, -0.1) is 0 Å². The van der Waals surface area contributed by atoms with E-state index in [1.54, 1.807) is 48.5 Å². The molecular formula is C30H29BrN2O5S. The molecule has 39 heavy (non-hydrogen) atoms. The number of anilines is 3. The van der Waals surface area contributed by atoms with Crippen LogP contribution < -0.4 is 15.4 Å². The van der Waals surface area contributed by atoms with Crippen molar-refractivity contribution in [1.82, 2.24) is 0 Å². The topological polar surface area (TPSA) is 102 Å². The zero-order valence-corrected chi connectivity index (χ0v) is 24.7. The van der Waals surface area contributed by atoms with E-state index in [0.717, 1.165) is 15.4 Å². The van der Waals surface area contributed by atoms with Crippen LogP contribution in [0.25, 0.3) is 10.8 Å². The lowest BCUT2D eigenvalue weighted by atomic mass is 9.87. The number of sulfone groups is 1. The number of methoxy groups -OCH3 is 1. The van der Waals surface area contributed by atoms with Gasteiger partial charge >= 0.3 is 0 Å². The van der Waals surface area contributed by atoms with Crippen molar-refractivity contribution in [3.8, 4) is 5.75 Å². The van der Waals surface area contributed by atoms with Gasteiger partial charge in [-0.3, -0.25) is 9.59 Å². The van der Waals surface area contributed by atoms with Crippen LogP contribution in [0.1, 0.15) is 36.7 Å². The lowest BCUT2D eigenvalue weighted by molar-refractivity contribution is -0.112. The van der Waals surface area contributed by atoms with Crippen LogP contribution in [0.4, 0.5) is 17.1 Å². The highest BCUT2D eigenvalue weighted by molar-refractivity contribution is 9.10. The molecule has 7 nitrogen and oxygen atoms in total. The lowest BCUT2D eigenvalue weighted by Gasteiger charge is -2.21. The summed E-state index contributed by atoms with van der Waals surface area (Å²) in [6.07, 6.45) is 1.18. The number of halogens is 1. The summed E-state index contributed by atoms with van der Waals surface area (Å²) >= 11 is 3.48. The molecule has 0 atom stereocenters. The number of hydrogen-bond donors (Lipinski definition) is 2. The van der Waals surface area contributed by atoms with Gasteiger partial charge in [0.2, 0.25) is 0 Å². The molecule has 0 bridgehead atoms. The van der Waals surface area contributed by atoms with Gasteiger partial charge in [0.05, 0.1) is 17.7 Å². The number of hydrogen-bond acceptors (Lipinski definition) is 6. The first-order valence-corrected chi connectivity index (χ1v) is 14.8. The highest BCUT2D eigenvalue weighted by atomic mass is 79.9. The smallest absolute Gasteiger partial charge is 0.296 e. The Morgan fingerprint density at radius 1 is 0.872 bits per heavy atom. The fourth-order valence-corrected chi connectivity index (χ4v) is 5.28. The van der Waals surface area contributed by atoms with Crippen molar-refractivity contribution in [2.24, 2.45) is 0 Å². The molecule has 0 heterocycles. The van der Waals surface area contributed by atoms with Crippen molar-refractivity contribution in [2.45, 2.75) is 31.1 Å². The van der Waals surface area contributed by atoms with Gasteiger partial charge in [-0.2, -0.15) is 0 Å². The normalized spacial score (nSPS) is 11.7. The minimum absolute atomic E-state index is 0.215.